The molecule has 0 heterocycles. The lowest BCUT2D eigenvalue weighted by molar-refractivity contribution is -0.0498. The van der Waals surface area contributed by atoms with Crippen molar-refractivity contribution in [1.82, 2.24) is 0 Å². The van der Waals surface area contributed by atoms with E-state index in [0.29, 0.717) is 10.6 Å². The number of hydrogen-bond acceptors (Lipinski definition) is 2. The maximum Gasteiger partial charge on any atom is 0.387 e. The average Bonchev–Trinajstić information content (AvgIpc) is 2.41. The molecule has 0 radical (unpaired) electrons. The molecule has 2 rings (SSSR count). The van der Waals surface area contributed by atoms with Gasteiger partial charge in [-0.05, 0) is 42.0 Å². The maximum atomic E-state index is 12.0. The molecule has 0 unspecified atom stereocenters. The van der Waals surface area contributed by atoms with E-state index in [0.717, 1.165) is 5.56 Å². The topological polar surface area (TPSA) is 26.3 Å². The van der Waals surface area contributed by atoms with Crippen molar-refractivity contribution < 1.29 is 18.3 Å². The predicted molar refractivity (Wildman–Crippen MR) is 72.6 cm³/mol. The van der Waals surface area contributed by atoms with Crippen LogP contribution in [0.5, 0.6) is 5.75 Å². The monoisotopic (exact) mass is 296 g/mol. The van der Waals surface area contributed by atoms with Gasteiger partial charge in [0, 0.05) is 17.0 Å². The minimum Gasteiger partial charge on any atom is -0.435 e. The highest BCUT2D eigenvalue weighted by atomic mass is 35.5. The van der Waals surface area contributed by atoms with Gasteiger partial charge in [-0.2, -0.15) is 8.78 Å². The minimum absolute atomic E-state index is 0.0306. The molecular formula is C15H11ClF2O2. The summed E-state index contributed by atoms with van der Waals surface area (Å²) in [5, 5.41) is 0.606. The van der Waals surface area contributed by atoms with Gasteiger partial charge < -0.3 is 4.74 Å². The van der Waals surface area contributed by atoms with Crippen LogP contribution in [-0.2, 0) is 6.42 Å². The van der Waals surface area contributed by atoms with E-state index in [1.165, 1.54) is 24.3 Å². The standard InChI is InChI=1S/C15H11ClF2O2/c16-12-5-1-10(2-6-12)9-14(19)11-3-7-13(8-4-11)20-15(17)18/h1-8,15H,9H2. The number of rotatable bonds is 5. The first-order valence-electron chi connectivity index (χ1n) is 5.87. The highest BCUT2D eigenvalue weighted by Gasteiger charge is 2.09. The van der Waals surface area contributed by atoms with Gasteiger partial charge >= 0.3 is 6.61 Å². The van der Waals surface area contributed by atoms with Crippen molar-refractivity contribution in [2.75, 3.05) is 0 Å². The number of carbonyl (C=O) groups excluding carboxylic acids is 1. The van der Waals surface area contributed by atoms with Gasteiger partial charge in [-0.3, -0.25) is 4.79 Å². The second-order valence-corrected chi connectivity index (χ2v) is 4.57. The molecule has 0 aliphatic rings. The molecule has 20 heavy (non-hydrogen) atoms. The first kappa shape index (κ1) is 14.5. The molecule has 0 fully saturated rings. The molecule has 0 aromatic heterocycles. The van der Waals surface area contributed by atoms with Crippen LogP contribution in [0.3, 0.4) is 0 Å². The Morgan fingerprint density at radius 3 is 2.20 bits per heavy atom. The van der Waals surface area contributed by atoms with Crippen molar-refractivity contribution >= 4 is 17.4 Å². The van der Waals surface area contributed by atoms with E-state index in [2.05, 4.69) is 4.74 Å². The van der Waals surface area contributed by atoms with Gasteiger partial charge in [0.2, 0.25) is 0 Å². The number of Topliss-reactive ketones (excluding diaryl/α,β-unsaturated/α-hetero) is 1. The Morgan fingerprint density at radius 1 is 1.05 bits per heavy atom. The SMILES string of the molecule is O=C(Cc1ccc(Cl)cc1)c1ccc(OC(F)F)cc1. The third kappa shape index (κ3) is 4.03. The van der Waals surface area contributed by atoms with Gasteiger partial charge in [0.25, 0.3) is 0 Å². The number of ketones is 1. The van der Waals surface area contributed by atoms with E-state index < -0.39 is 6.61 Å². The Kier molecular flexibility index (Phi) is 4.69. The van der Waals surface area contributed by atoms with Crippen molar-refractivity contribution in [3.8, 4) is 5.75 Å². The second-order valence-electron chi connectivity index (χ2n) is 4.13. The summed E-state index contributed by atoms with van der Waals surface area (Å²) in [6.45, 7) is -2.87. The number of benzene rings is 2. The lowest BCUT2D eigenvalue weighted by Crippen LogP contribution is -2.05. The molecule has 0 saturated carbocycles. The number of carbonyl (C=O) groups is 1. The van der Waals surface area contributed by atoms with Crippen LogP contribution in [0.1, 0.15) is 15.9 Å². The largest absolute Gasteiger partial charge is 0.435 e. The molecule has 2 nitrogen and oxygen atoms in total. The summed E-state index contributed by atoms with van der Waals surface area (Å²) in [7, 11) is 0. The fourth-order valence-electron chi connectivity index (χ4n) is 1.71. The van der Waals surface area contributed by atoms with Crippen molar-refractivity contribution in [3.63, 3.8) is 0 Å². The van der Waals surface area contributed by atoms with E-state index >= 15 is 0 Å². The average molecular weight is 297 g/mol. The van der Waals surface area contributed by atoms with E-state index in [1.807, 2.05) is 0 Å². The van der Waals surface area contributed by atoms with Crippen LogP contribution < -0.4 is 4.74 Å². The molecular weight excluding hydrogens is 286 g/mol. The number of hydrogen-bond donors (Lipinski definition) is 0. The fourth-order valence-corrected chi connectivity index (χ4v) is 1.84. The molecule has 0 atom stereocenters. The van der Waals surface area contributed by atoms with Gasteiger partial charge in [0.15, 0.2) is 5.78 Å². The molecule has 0 amide bonds. The van der Waals surface area contributed by atoms with Crippen LogP contribution >= 0.6 is 11.6 Å². The van der Waals surface area contributed by atoms with E-state index in [-0.39, 0.29) is 18.0 Å². The summed E-state index contributed by atoms with van der Waals surface area (Å²) in [6.07, 6.45) is 0.228. The molecule has 0 aliphatic heterocycles. The van der Waals surface area contributed by atoms with Crippen molar-refractivity contribution in [3.05, 3.63) is 64.7 Å². The quantitative estimate of drug-likeness (QED) is 0.766. The molecule has 0 saturated heterocycles. The van der Waals surface area contributed by atoms with E-state index in [1.54, 1.807) is 24.3 Å². The zero-order valence-corrected chi connectivity index (χ0v) is 11.1. The van der Waals surface area contributed by atoms with Gasteiger partial charge in [-0.1, -0.05) is 23.7 Å². The van der Waals surface area contributed by atoms with Gasteiger partial charge in [0.05, 0.1) is 0 Å². The van der Waals surface area contributed by atoms with E-state index in [9.17, 15) is 13.6 Å². The number of ether oxygens (including phenoxy) is 1. The molecule has 0 bridgehead atoms. The zero-order chi connectivity index (χ0) is 14.5. The first-order valence-corrected chi connectivity index (χ1v) is 6.25. The predicted octanol–water partition coefficient (Wildman–Crippen LogP) is 4.37. The lowest BCUT2D eigenvalue weighted by atomic mass is 10.0. The molecule has 104 valence electrons. The van der Waals surface area contributed by atoms with Crippen LogP contribution in [-0.4, -0.2) is 12.4 Å². The first-order chi connectivity index (χ1) is 9.54. The second kappa shape index (κ2) is 6.48. The van der Waals surface area contributed by atoms with E-state index in [4.69, 9.17) is 11.6 Å². The summed E-state index contributed by atoms with van der Waals surface area (Å²) in [4.78, 5) is 12.0. The van der Waals surface area contributed by atoms with Crippen molar-refractivity contribution in [1.29, 1.82) is 0 Å². The Morgan fingerprint density at radius 2 is 1.65 bits per heavy atom. The smallest absolute Gasteiger partial charge is 0.387 e. The minimum atomic E-state index is -2.87. The summed E-state index contributed by atoms with van der Waals surface area (Å²) >= 11 is 5.76. The molecule has 5 heteroatoms. The maximum absolute atomic E-state index is 12.0. The highest BCUT2D eigenvalue weighted by Crippen LogP contribution is 2.17. The number of halogens is 3. The Balaban J connectivity index is 2.03. The van der Waals surface area contributed by atoms with Gasteiger partial charge in [-0.25, -0.2) is 0 Å². The summed E-state index contributed by atoms with van der Waals surface area (Å²) in [6, 6.07) is 12.6. The van der Waals surface area contributed by atoms with Crippen LogP contribution in [0.2, 0.25) is 5.02 Å². The van der Waals surface area contributed by atoms with Crippen LogP contribution in [0.4, 0.5) is 8.78 Å². The third-order valence-corrected chi connectivity index (χ3v) is 2.93. The summed E-state index contributed by atoms with van der Waals surface area (Å²) in [5.41, 5.74) is 1.29. The molecule has 0 aliphatic carbocycles. The summed E-state index contributed by atoms with van der Waals surface area (Å²) < 4.78 is 28.2. The van der Waals surface area contributed by atoms with Crippen LogP contribution in [0.25, 0.3) is 0 Å². The van der Waals surface area contributed by atoms with Gasteiger partial charge in [-0.15, -0.1) is 0 Å². The lowest BCUT2D eigenvalue weighted by Gasteiger charge is -2.05. The zero-order valence-electron chi connectivity index (χ0n) is 10.4. The normalized spacial score (nSPS) is 10.6. The van der Waals surface area contributed by atoms with Crippen LogP contribution in [0, 0.1) is 0 Å². The Hall–Kier alpha value is -1.94. The van der Waals surface area contributed by atoms with Gasteiger partial charge in [0.1, 0.15) is 5.75 Å². The Bertz CT molecular complexity index is 580. The van der Waals surface area contributed by atoms with Crippen molar-refractivity contribution in [2.24, 2.45) is 0 Å². The number of alkyl halides is 2. The summed E-state index contributed by atoms with van der Waals surface area (Å²) in [5.74, 6) is -0.0704. The highest BCUT2D eigenvalue weighted by molar-refractivity contribution is 6.30. The Labute approximate surface area is 119 Å². The molecule has 0 spiro atoms. The molecule has 0 N–H and O–H groups in total. The van der Waals surface area contributed by atoms with Crippen LogP contribution in [0.15, 0.2) is 48.5 Å². The van der Waals surface area contributed by atoms with Crippen molar-refractivity contribution in [2.45, 2.75) is 13.0 Å². The molecule has 2 aromatic rings. The molecule has 2 aromatic carbocycles. The third-order valence-electron chi connectivity index (χ3n) is 2.68. The fraction of sp³-hybridized carbons (Fsp3) is 0.133.